The number of rotatable bonds is 5. The molecule has 0 bridgehead atoms. The van der Waals surface area contributed by atoms with Crippen molar-refractivity contribution in [2.45, 2.75) is 50.7 Å². The minimum atomic E-state index is -1.00. The Bertz CT molecular complexity index is 1260. The lowest BCUT2D eigenvalue weighted by atomic mass is 9.85. The van der Waals surface area contributed by atoms with Crippen LogP contribution in [0.2, 0.25) is 0 Å². The van der Waals surface area contributed by atoms with E-state index in [0.717, 1.165) is 58.5 Å². The van der Waals surface area contributed by atoms with E-state index in [2.05, 4.69) is 26.7 Å². The third-order valence-electron chi connectivity index (χ3n) is 6.75. The summed E-state index contributed by atoms with van der Waals surface area (Å²) in [6.45, 7) is 4.87. The molecule has 3 N–H and O–H groups in total. The fraction of sp³-hybridized carbons (Fsp3) is 0.500. The van der Waals surface area contributed by atoms with Crippen molar-refractivity contribution in [2.75, 3.05) is 38.6 Å². The summed E-state index contributed by atoms with van der Waals surface area (Å²) >= 11 is 0. The van der Waals surface area contributed by atoms with Crippen molar-refractivity contribution in [1.29, 1.82) is 0 Å². The summed E-state index contributed by atoms with van der Waals surface area (Å²) < 4.78 is 21.5. The molecule has 200 valence electrons. The molecule has 0 spiro atoms. The van der Waals surface area contributed by atoms with E-state index < -0.39 is 5.60 Å². The van der Waals surface area contributed by atoms with Crippen LogP contribution in [0.4, 0.5) is 10.2 Å². The van der Waals surface area contributed by atoms with Gasteiger partial charge in [-0.05, 0) is 50.2 Å². The highest BCUT2D eigenvalue weighted by Crippen LogP contribution is 2.29. The Morgan fingerprint density at radius 1 is 1.05 bits per heavy atom. The van der Waals surface area contributed by atoms with E-state index in [9.17, 15) is 9.50 Å². The number of imidazole rings is 1. The number of nitrogens with zero attached hydrogens (tertiary/aromatic N) is 5. The maximum atomic E-state index is 14.0. The van der Waals surface area contributed by atoms with Crippen molar-refractivity contribution < 1.29 is 14.2 Å². The van der Waals surface area contributed by atoms with E-state index in [-0.39, 0.29) is 42.3 Å². The number of aliphatic hydroxyl groups is 1. The number of halogens is 3. The Morgan fingerprint density at radius 3 is 2.54 bits per heavy atom. The van der Waals surface area contributed by atoms with Gasteiger partial charge in [0.25, 0.3) is 0 Å². The molecule has 1 aliphatic heterocycles. The van der Waals surface area contributed by atoms with Crippen molar-refractivity contribution >= 4 is 41.8 Å². The van der Waals surface area contributed by atoms with Gasteiger partial charge in [-0.15, -0.1) is 24.8 Å². The first-order valence-corrected chi connectivity index (χ1v) is 12.4. The zero-order valence-electron chi connectivity index (χ0n) is 20.7. The standard InChI is InChI=1S/C26H31FN6O2.2ClH/c27-20-7-4-6-19(18-20)24-31-22-23(28)29-21(8-11-26(34)9-2-1-3-10-26)30-25(22)33(24)13-5-12-32-14-16-35-17-15-32;;/h4,6-7,18,34H,1-3,5,9-10,12-17H2,(H2,28,29,30);2*1H. The molecule has 2 aliphatic rings. The molecule has 1 saturated heterocycles. The Labute approximate surface area is 228 Å². The van der Waals surface area contributed by atoms with E-state index in [1.54, 1.807) is 6.07 Å². The molecule has 37 heavy (non-hydrogen) atoms. The number of benzene rings is 1. The van der Waals surface area contributed by atoms with Gasteiger partial charge >= 0.3 is 0 Å². The number of morpholine rings is 1. The van der Waals surface area contributed by atoms with E-state index in [4.69, 9.17) is 15.5 Å². The molecule has 8 nitrogen and oxygen atoms in total. The molecule has 5 rings (SSSR count). The number of hydrogen-bond acceptors (Lipinski definition) is 7. The second kappa shape index (κ2) is 12.9. The lowest BCUT2D eigenvalue weighted by Gasteiger charge is -2.26. The first-order chi connectivity index (χ1) is 17.0. The van der Waals surface area contributed by atoms with Gasteiger partial charge in [0, 0.05) is 31.7 Å². The fourth-order valence-electron chi connectivity index (χ4n) is 4.85. The van der Waals surface area contributed by atoms with Gasteiger partial charge in [-0.3, -0.25) is 4.90 Å². The third kappa shape index (κ3) is 6.89. The summed E-state index contributed by atoms with van der Waals surface area (Å²) in [6.07, 6.45) is 5.20. The van der Waals surface area contributed by atoms with Crippen LogP contribution in [0.1, 0.15) is 44.3 Å². The first kappa shape index (κ1) is 29.1. The molecule has 11 heteroatoms. The van der Waals surface area contributed by atoms with Gasteiger partial charge < -0.3 is 20.1 Å². The maximum Gasteiger partial charge on any atom is 0.209 e. The van der Waals surface area contributed by atoms with E-state index >= 15 is 0 Å². The van der Waals surface area contributed by atoms with Gasteiger partial charge in [0.2, 0.25) is 5.82 Å². The molecular formula is C26H33Cl2FN6O2. The smallest absolute Gasteiger partial charge is 0.209 e. The molecule has 2 fully saturated rings. The van der Waals surface area contributed by atoms with Crippen molar-refractivity contribution in [3.63, 3.8) is 0 Å². The second-order valence-corrected chi connectivity index (χ2v) is 9.35. The fourth-order valence-corrected chi connectivity index (χ4v) is 4.85. The summed E-state index contributed by atoms with van der Waals surface area (Å²) in [7, 11) is 0. The normalized spacial score (nSPS) is 17.4. The summed E-state index contributed by atoms with van der Waals surface area (Å²) in [5.41, 5.74) is 6.97. The summed E-state index contributed by atoms with van der Waals surface area (Å²) in [6, 6.07) is 6.36. The van der Waals surface area contributed by atoms with Gasteiger partial charge in [-0.25, -0.2) is 19.3 Å². The topological polar surface area (TPSA) is 102 Å². The number of anilines is 1. The lowest BCUT2D eigenvalue weighted by molar-refractivity contribution is 0.0370. The summed E-state index contributed by atoms with van der Waals surface area (Å²) in [4.78, 5) is 16.1. The molecule has 0 radical (unpaired) electrons. The molecule has 0 amide bonds. The molecular weight excluding hydrogens is 518 g/mol. The van der Waals surface area contributed by atoms with E-state index in [1.807, 2.05) is 10.6 Å². The van der Waals surface area contributed by atoms with Crippen LogP contribution >= 0.6 is 24.8 Å². The zero-order chi connectivity index (χ0) is 24.3. The lowest BCUT2D eigenvalue weighted by Crippen LogP contribution is -2.37. The van der Waals surface area contributed by atoms with E-state index in [1.165, 1.54) is 12.1 Å². The monoisotopic (exact) mass is 550 g/mol. The largest absolute Gasteiger partial charge is 0.382 e. The highest BCUT2D eigenvalue weighted by molar-refractivity contribution is 5.86. The Hall–Kier alpha value is -2.48. The minimum Gasteiger partial charge on any atom is -0.382 e. The zero-order valence-corrected chi connectivity index (χ0v) is 22.3. The number of fused-ring (bicyclic) bond motifs is 1. The first-order valence-electron chi connectivity index (χ1n) is 12.4. The minimum absolute atomic E-state index is 0. The van der Waals surface area contributed by atoms with Crippen molar-refractivity contribution in [3.05, 3.63) is 35.9 Å². The van der Waals surface area contributed by atoms with Crippen molar-refractivity contribution in [1.82, 2.24) is 24.4 Å². The SMILES string of the molecule is Cl.Cl.Nc1nc(C#CC2(O)CCCCC2)nc2c1nc(-c1cccc(F)c1)n2CCCN1CCOCC1. The van der Waals surface area contributed by atoms with Crippen LogP contribution in [-0.4, -0.2) is 68.0 Å². The third-order valence-corrected chi connectivity index (χ3v) is 6.75. The predicted octanol–water partition coefficient (Wildman–Crippen LogP) is 3.83. The number of ether oxygens (including phenoxy) is 1. The quantitative estimate of drug-likeness (QED) is 0.465. The van der Waals surface area contributed by atoms with Gasteiger partial charge in [-0.1, -0.05) is 24.5 Å². The van der Waals surface area contributed by atoms with E-state index in [0.29, 0.717) is 41.9 Å². The van der Waals surface area contributed by atoms with Crippen molar-refractivity contribution in [2.24, 2.45) is 0 Å². The van der Waals surface area contributed by atoms with Crippen LogP contribution in [0.15, 0.2) is 24.3 Å². The van der Waals surface area contributed by atoms with Crippen LogP contribution in [0.5, 0.6) is 0 Å². The summed E-state index contributed by atoms with van der Waals surface area (Å²) in [5, 5.41) is 10.8. The van der Waals surface area contributed by atoms with Gasteiger partial charge in [0.1, 0.15) is 17.2 Å². The van der Waals surface area contributed by atoms with Gasteiger partial charge in [-0.2, -0.15) is 0 Å². The number of nitrogen functional groups attached to an aromatic ring is 1. The Kier molecular flexibility index (Phi) is 10.1. The van der Waals surface area contributed by atoms with Gasteiger partial charge in [0.15, 0.2) is 17.0 Å². The van der Waals surface area contributed by atoms with Crippen LogP contribution in [0, 0.1) is 17.7 Å². The average Bonchev–Trinajstić information content (AvgIpc) is 3.23. The number of aryl methyl sites for hydroxylation is 1. The average molecular weight is 551 g/mol. The van der Waals surface area contributed by atoms with Gasteiger partial charge in [0.05, 0.1) is 13.2 Å². The molecule has 1 saturated carbocycles. The van der Waals surface area contributed by atoms with Crippen molar-refractivity contribution in [3.8, 4) is 23.2 Å². The second-order valence-electron chi connectivity index (χ2n) is 9.35. The molecule has 1 aliphatic carbocycles. The number of hydrogen-bond donors (Lipinski definition) is 2. The molecule has 3 aromatic rings. The maximum absolute atomic E-state index is 14.0. The molecule has 1 aromatic carbocycles. The van der Waals surface area contributed by atoms with Crippen LogP contribution in [0.3, 0.4) is 0 Å². The highest BCUT2D eigenvalue weighted by atomic mass is 35.5. The molecule has 3 heterocycles. The summed E-state index contributed by atoms with van der Waals surface area (Å²) in [5.74, 6) is 6.68. The molecule has 0 unspecified atom stereocenters. The molecule has 0 atom stereocenters. The van der Waals surface area contributed by atoms with Crippen LogP contribution < -0.4 is 5.73 Å². The predicted molar refractivity (Wildman–Crippen MR) is 146 cm³/mol. The molecule has 2 aromatic heterocycles. The number of aromatic nitrogens is 4. The number of nitrogens with two attached hydrogens (primary N) is 1. The van der Waals surface area contributed by atoms with Crippen LogP contribution in [0.25, 0.3) is 22.6 Å². The van der Waals surface area contributed by atoms with Crippen LogP contribution in [-0.2, 0) is 11.3 Å². The Balaban J connectivity index is 0.00000190. The highest BCUT2D eigenvalue weighted by Gasteiger charge is 2.27. The Morgan fingerprint density at radius 2 is 1.81 bits per heavy atom.